The molecule has 0 saturated carbocycles. The van der Waals surface area contributed by atoms with Gasteiger partial charge in [-0.25, -0.2) is 0 Å². The van der Waals surface area contributed by atoms with Gasteiger partial charge < -0.3 is 4.42 Å². The number of hydrogen-bond acceptors (Lipinski definition) is 5. The first kappa shape index (κ1) is 11.3. The van der Waals surface area contributed by atoms with Crippen LogP contribution in [0.1, 0.15) is 5.56 Å². The topological polar surface area (TPSA) is 97.1 Å². The van der Waals surface area contributed by atoms with Gasteiger partial charge in [-0.3, -0.25) is 14.9 Å². The van der Waals surface area contributed by atoms with E-state index >= 15 is 0 Å². The van der Waals surface area contributed by atoms with Crippen LogP contribution in [0.5, 0.6) is 0 Å². The van der Waals surface area contributed by atoms with E-state index in [0.29, 0.717) is 4.47 Å². The van der Waals surface area contributed by atoms with Crippen LogP contribution >= 0.6 is 15.9 Å². The van der Waals surface area contributed by atoms with Crippen molar-refractivity contribution in [1.82, 2.24) is 0 Å². The molecule has 0 saturated heterocycles. The van der Waals surface area contributed by atoms with Crippen LogP contribution in [0, 0.1) is 21.4 Å². The van der Waals surface area contributed by atoms with E-state index in [9.17, 15) is 14.9 Å². The number of nitro benzene ring substituents is 1. The summed E-state index contributed by atoms with van der Waals surface area (Å²) in [6.07, 6.45) is 0.922. The van der Waals surface area contributed by atoms with Crippen LogP contribution in [-0.2, 0) is 0 Å². The Morgan fingerprint density at radius 3 is 2.76 bits per heavy atom. The molecule has 0 atom stereocenters. The van der Waals surface area contributed by atoms with Crippen LogP contribution in [0.3, 0.4) is 0 Å². The highest BCUT2D eigenvalue weighted by Gasteiger charge is 2.18. The molecule has 0 aliphatic carbocycles. The largest absolute Gasteiger partial charge is 0.455 e. The third-order valence-corrected chi connectivity index (χ3v) is 2.59. The molecule has 0 bridgehead atoms. The normalized spacial score (nSPS) is 10.1. The lowest BCUT2D eigenvalue weighted by Crippen LogP contribution is -2.06. The van der Waals surface area contributed by atoms with Gasteiger partial charge in [-0.1, -0.05) is 15.9 Å². The van der Waals surface area contributed by atoms with Crippen LogP contribution < -0.4 is 5.43 Å². The number of non-ortho nitro benzene ring substituents is 1. The maximum absolute atomic E-state index is 11.8. The fraction of sp³-hybridized carbons (Fsp3) is 0. The van der Waals surface area contributed by atoms with Crippen molar-refractivity contribution in [3.05, 3.63) is 48.8 Å². The second-order valence-electron chi connectivity index (χ2n) is 3.15. The number of nitro groups is 1. The molecule has 0 N–H and O–H groups in total. The Morgan fingerprint density at radius 1 is 1.47 bits per heavy atom. The van der Waals surface area contributed by atoms with Crippen molar-refractivity contribution in [2.75, 3.05) is 0 Å². The highest BCUT2D eigenvalue weighted by molar-refractivity contribution is 9.10. The molecule has 0 aliphatic heterocycles. The zero-order chi connectivity index (χ0) is 12.6. The van der Waals surface area contributed by atoms with Crippen LogP contribution in [0.15, 0.2) is 32.1 Å². The van der Waals surface area contributed by atoms with Gasteiger partial charge in [0, 0.05) is 10.5 Å². The summed E-state index contributed by atoms with van der Waals surface area (Å²) in [7, 11) is 0. The van der Waals surface area contributed by atoms with Gasteiger partial charge in [0.2, 0.25) is 11.0 Å². The molecule has 2 rings (SSSR count). The monoisotopic (exact) mass is 294 g/mol. The summed E-state index contributed by atoms with van der Waals surface area (Å²) in [5, 5.41) is 19.5. The summed E-state index contributed by atoms with van der Waals surface area (Å²) >= 11 is 3.06. The lowest BCUT2D eigenvalue weighted by atomic mass is 10.1. The average Bonchev–Trinajstić information content (AvgIpc) is 2.29. The molecule has 0 aliphatic rings. The van der Waals surface area contributed by atoms with Gasteiger partial charge in [0.25, 0.3) is 0 Å². The zero-order valence-electron chi connectivity index (χ0n) is 8.14. The fourth-order valence-electron chi connectivity index (χ4n) is 1.40. The van der Waals surface area contributed by atoms with Gasteiger partial charge >= 0.3 is 5.69 Å². The number of benzene rings is 1. The molecule has 1 aromatic carbocycles. The predicted molar refractivity (Wildman–Crippen MR) is 61.6 cm³/mol. The summed E-state index contributed by atoms with van der Waals surface area (Å²) in [4.78, 5) is 21.9. The zero-order valence-corrected chi connectivity index (χ0v) is 9.72. The quantitative estimate of drug-likeness (QED) is 0.594. The Kier molecular flexibility index (Phi) is 2.65. The molecule has 1 heterocycles. The summed E-state index contributed by atoms with van der Waals surface area (Å²) < 4.78 is 5.35. The number of nitrogens with zero attached hydrogens (tertiary/aromatic N) is 2. The van der Waals surface area contributed by atoms with E-state index < -0.39 is 10.4 Å². The van der Waals surface area contributed by atoms with E-state index in [-0.39, 0.29) is 22.2 Å². The number of fused-ring (bicyclic) bond motifs is 1. The minimum atomic E-state index is -0.651. The molecular formula is C10H3BrN2O4. The molecule has 0 radical (unpaired) electrons. The van der Waals surface area contributed by atoms with Crippen LogP contribution in [-0.4, -0.2) is 4.92 Å². The second-order valence-corrected chi connectivity index (χ2v) is 4.06. The predicted octanol–water partition coefficient (Wildman–Crippen LogP) is 2.34. The van der Waals surface area contributed by atoms with Crippen molar-refractivity contribution in [1.29, 1.82) is 5.26 Å². The molecule has 6 nitrogen and oxygen atoms in total. The van der Waals surface area contributed by atoms with Gasteiger partial charge in [0.05, 0.1) is 10.3 Å². The molecular weight excluding hydrogens is 292 g/mol. The maximum Gasteiger partial charge on any atom is 0.313 e. The molecule has 0 fully saturated rings. The molecule has 84 valence electrons. The van der Waals surface area contributed by atoms with Crippen LogP contribution in [0.25, 0.3) is 11.0 Å². The molecule has 0 unspecified atom stereocenters. The standard InChI is InChI=1S/C10H3BrN2O4/c11-6-1-7-9(14)5(3-12)4-17-10(7)8(2-6)13(15)16/h1-2,4H. The van der Waals surface area contributed by atoms with E-state index in [1.54, 1.807) is 6.07 Å². The van der Waals surface area contributed by atoms with Gasteiger partial charge in [0.15, 0.2) is 0 Å². The summed E-state index contributed by atoms with van der Waals surface area (Å²) in [6.45, 7) is 0. The van der Waals surface area contributed by atoms with Gasteiger partial charge in [-0.05, 0) is 6.07 Å². The first-order valence-corrected chi connectivity index (χ1v) is 5.13. The van der Waals surface area contributed by atoms with E-state index in [0.717, 1.165) is 6.26 Å². The van der Waals surface area contributed by atoms with E-state index in [2.05, 4.69) is 15.9 Å². The Balaban J connectivity index is 3.00. The molecule has 17 heavy (non-hydrogen) atoms. The Morgan fingerprint density at radius 2 is 2.18 bits per heavy atom. The molecule has 1 aromatic heterocycles. The van der Waals surface area contributed by atoms with Crippen LogP contribution in [0.2, 0.25) is 0 Å². The third-order valence-electron chi connectivity index (χ3n) is 2.14. The smallest absolute Gasteiger partial charge is 0.313 e. The second kappa shape index (κ2) is 3.99. The lowest BCUT2D eigenvalue weighted by molar-refractivity contribution is -0.383. The minimum Gasteiger partial charge on any atom is -0.455 e. The van der Waals surface area contributed by atoms with Crippen molar-refractivity contribution in [2.24, 2.45) is 0 Å². The van der Waals surface area contributed by atoms with Gasteiger partial charge in [-0.15, -0.1) is 0 Å². The average molecular weight is 295 g/mol. The van der Waals surface area contributed by atoms with E-state index in [1.165, 1.54) is 12.1 Å². The molecule has 0 spiro atoms. The summed E-state index contributed by atoms with van der Waals surface area (Å²) in [6, 6.07) is 4.28. The molecule has 0 amide bonds. The lowest BCUT2D eigenvalue weighted by Gasteiger charge is -1.99. The number of hydrogen-bond donors (Lipinski definition) is 0. The van der Waals surface area contributed by atoms with Crippen molar-refractivity contribution in [3.8, 4) is 6.07 Å². The van der Waals surface area contributed by atoms with Gasteiger partial charge in [0.1, 0.15) is 17.9 Å². The van der Waals surface area contributed by atoms with Crippen LogP contribution in [0.4, 0.5) is 5.69 Å². The molecule has 7 heteroatoms. The Bertz CT molecular complexity index is 729. The number of rotatable bonds is 1. The number of nitriles is 1. The Hall–Kier alpha value is -2.20. The van der Waals surface area contributed by atoms with Crippen molar-refractivity contribution in [3.63, 3.8) is 0 Å². The highest BCUT2D eigenvalue weighted by atomic mass is 79.9. The van der Waals surface area contributed by atoms with E-state index in [4.69, 9.17) is 9.68 Å². The van der Waals surface area contributed by atoms with Gasteiger partial charge in [-0.2, -0.15) is 5.26 Å². The molecule has 2 aromatic rings. The highest BCUT2D eigenvalue weighted by Crippen LogP contribution is 2.28. The first-order chi connectivity index (χ1) is 8.04. The minimum absolute atomic E-state index is 0.00475. The fourth-order valence-corrected chi connectivity index (χ4v) is 1.85. The maximum atomic E-state index is 11.8. The van der Waals surface area contributed by atoms with Crippen molar-refractivity contribution in [2.45, 2.75) is 0 Å². The van der Waals surface area contributed by atoms with Crippen molar-refractivity contribution < 1.29 is 9.34 Å². The Labute approximate surface area is 102 Å². The summed E-state index contributed by atoms with van der Waals surface area (Å²) in [5.74, 6) is 0. The SMILES string of the molecule is N#Cc1coc2c([N+](=O)[O-])cc(Br)cc2c1=O. The number of halogens is 1. The van der Waals surface area contributed by atoms with Crippen molar-refractivity contribution >= 4 is 32.6 Å². The first-order valence-electron chi connectivity index (χ1n) is 4.34. The third kappa shape index (κ3) is 1.79. The van der Waals surface area contributed by atoms with E-state index in [1.807, 2.05) is 0 Å². The summed E-state index contributed by atoms with van der Waals surface area (Å²) in [5.41, 5.74) is -1.23.